The smallest absolute Gasteiger partial charge is 0.222 e. The highest BCUT2D eigenvalue weighted by atomic mass is 32.1. The lowest BCUT2D eigenvalue weighted by atomic mass is 9.97. The molecule has 2 fully saturated rings. The highest BCUT2D eigenvalue weighted by Crippen LogP contribution is 2.20. The van der Waals surface area contributed by atoms with Crippen LogP contribution in [0.1, 0.15) is 62.6 Å². The maximum Gasteiger partial charge on any atom is 0.222 e. The molecule has 2 aliphatic heterocycles. The molecular formula is C23H40N6OS. The normalized spacial score (nSPS) is 19.5. The van der Waals surface area contributed by atoms with Crippen molar-refractivity contribution >= 4 is 23.2 Å². The zero-order valence-electron chi connectivity index (χ0n) is 19.4. The summed E-state index contributed by atoms with van der Waals surface area (Å²) in [6.07, 6.45) is 7.46. The van der Waals surface area contributed by atoms with Gasteiger partial charge in [-0.05, 0) is 65.0 Å². The zero-order valence-corrected chi connectivity index (χ0v) is 20.2. The molecule has 0 saturated carbocycles. The molecule has 2 aliphatic rings. The number of likely N-dealkylation sites (tertiary alicyclic amines) is 2. The van der Waals surface area contributed by atoms with Crippen molar-refractivity contribution in [2.45, 2.75) is 65.3 Å². The number of piperidine rings is 1. The minimum absolute atomic E-state index is 0.328. The second-order valence-electron chi connectivity index (χ2n) is 8.77. The van der Waals surface area contributed by atoms with Gasteiger partial charge < -0.3 is 15.5 Å². The highest BCUT2D eigenvalue weighted by molar-refractivity contribution is 7.09. The number of aryl methyl sites for hydroxylation is 1. The number of carbonyl (C=O) groups is 1. The van der Waals surface area contributed by atoms with E-state index in [1.54, 1.807) is 11.3 Å². The van der Waals surface area contributed by atoms with E-state index in [0.717, 1.165) is 89.0 Å². The summed E-state index contributed by atoms with van der Waals surface area (Å²) in [5, 5.41) is 10.2. The Morgan fingerprint density at radius 2 is 2.06 bits per heavy atom. The molecule has 7 nitrogen and oxygen atoms in total. The number of hydrogen-bond donors (Lipinski definition) is 2. The first kappa shape index (κ1) is 24.0. The van der Waals surface area contributed by atoms with Crippen LogP contribution in [0.4, 0.5) is 0 Å². The monoisotopic (exact) mass is 448 g/mol. The highest BCUT2D eigenvalue weighted by Gasteiger charge is 2.20. The first-order valence-electron chi connectivity index (χ1n) is 12.1. The molecule has 2 saturated heterocycles. The molecule has 0 radical (unpaired) electrons. The van der Waals surface area contributed by atoms with E-state index in [4.69, 9.17) is 4.99 Å². The maximum absolute atomic E-state index is 12.1. The average molecular weight is 449 g/mol. The Morgan fingerprint density at radius 3 is 2.81 bits per heavy atom. The van der Waals surface area contributed by atoms with Crippen LogP contribution in [0.15, 0.2) is 10.4 Å². The van der Waals surface area contributed by atoms with Gasteiger partial charge in [-0.15, -0.1) is 11.3 Å². The molecule has 3 rings (SSSR count). The number of thiazole rings is 1. The van der Waals surface area contributed by atoms with E-state index in [0.29, 0.717) is 11.8 Å². The third-order valence-corrected chi connectivity index (χ3v) is 7.00. The van der Waals surface area contributed by atoms with Crippen molar-refractivity contribution < 1.29 is 4.79 Å². The Balaban J connectivity index is 1.34. The number of hydrogen-bond acceptors (Lipinski definition) is 5. The Bertz CT molecular complexity index is 698. The van der Waals surface area contributed by atoms with Crippen LogP contribution < -0.4 is 10.6 Å². The van der Waals surface area contributed by atoms with E-state index in [9.17, 15) is 4.79 Å². The molecule has 0 unspecified atom stereocenters. The summed E-state index contributed by atoms with van der Waals surface area (Å²) < 4.78 is 0. The fraction of sp³-hybridized carbons (Fsp3) is 0.783. The maximum atomic E-state index is 12.1. The molecule has 174 valence electrons. The minimum Gasteiger partial charge on any atom is -0.357 e. The summed E-state index contributed by atoms with van der Waals surface area (Å²) in [6, 6.07) is 0. The Labute approximate surface area is 191 Å². The Morgan fingerprint density at radius 1 is 1.23 bits per heavy atom. The van der Waals surface area contributed by atoms with Gasteiger partial charge in [0.05, 0.1) is 10.7 Å². The van der Waals surface area contributed by atoms with E-state index in [2.05, 4.69) is 39.7 Å². The fourth-order valence-electron chi connectivity index (χ4n) is 4.35. The summed E-state index contributed by atoms with van der Waals surface area (Å²) in [7, 11) is 0. The van der Waals surface area contributed by atoms with Gasteiger partial charge in [-0.2, -0.15) is 0 Å². The average Bonchev–Trinajstić information content (AvgIpc) is 3.06. The van der Waals surface area contributed by atoms with E-state index in [1.165, 1.54) is 25.0 Å². The number of nitrogens with one attached hydrogen (secondary N) is 2. The predicted molar refractivity (Wildman–Crippen MR) is 128 cm³/mol. The molecule has 0 aromatic carbocycles. The van der Waals surface area contributed by atoms with Crippen molar-refractivity contribution in [1.82, 2.24) is 25.4 Å². The van der Waals surface area contributed by atoms with E-state index >= 15 is 0 Å². The molecule has 0 spiro atoms. The topological polar surface area (TPSA) is 72.9 Å². The van der Waals surface area contributed by atoms with Crippen LogP contribution in [0.2, 0.25) is 0 Å². The number of amides is 1. The minimum atomic E-state index is 0.328. The summed E-state index contributed by atoms with van der Waals surface area (Å²) in [4.78, 5) is 26.1. The van der Waals surface area contributed by atoms with Crippen LogP contribution in [-0.4, -0.2) is 72.5 Å². The standard InChI is InChI=1S/C23H40N6OS/c1-3-24-23(25-11-7-13-29-12-6-4-5-8-22(29)30)26-16-20-9-14-28(15-10-20)17-21-18-31-19(2)27-21/h18,20H,3-17H2,1-2H3,(H2,24,25,26). The number of rotatable bonds is 9. The van der Waals surface area contributed by atoms with Gasteiger partial charge in [0.15, 0.2) is 5.96 Å². The first-order valence-corrected chi connectivity index (χ1v) is 13.0. The molecule has 1 amide bonds. The molecule has 0 bridgehead atoms. The molecule has 1 aromatic heterocycles. The van der Waals surface area contributed by atoms with Crippen LogP contribution in [-0.2, 0) is 11.3 Å². The second kappa shape index (κ2) is 13.0. The number of guanidine groups is 1. The van der Waals surface area contributed by atoms with Crippen molar-refractivity contribution in [3.63, 3.8) is 0 Å². The summed E-state index contributed by atoms with van der Waals surface area (Å²) in [5.41, 5.74) is 1.21. The summed E-state index contributed by atoms with van der Waals surface area (Å²) in [6.45, 7) is 11.8. The number of aliphatic imine (C=N–C) groups is 1. The van der Waals surface area contributed by atoms with Crippen LogP contribution in [0.3, 0.4) is 0 Å². The summed E-state index contributed by atoms with van der Waals surface area (Å²) >= 11 is 1.74. The SMILES string of the molecule is CCNC(=NCC1CCN(Cc2csc(C)n2)CC1)NCCCN1CCCCCC1=O. The lowest BCUT2D eigenvalue weighted by molar-refractivity contribution is -0.130. The summed E-state index contributed by atoms with van der Waals surface area (Å²) in [5.74, 6) is 1.89. The van der Waals surface area contributed by atoms with Crippen molar-refractivity contribution in [3.8, 4) is 0 Å². The van der Waals surface area contributed by atoms with Crippen LogP contribution in [0.5, 0.6) is 0 Å². The van der Waals surface area contributed by atoms with Gasteiger partial charge in [0.2, 0.25) is 5.91 Å². The van der Waals surface area contributed by atoms with Gasteiger partial charge in [0.1, 0.15) is 0 Å². The third-order valence-electron chi connectivity index (χ3n) is 6.18. The van der Waals surface area contributed by atoms with Crippen molar-refractivity contribution in [3.05, 3.63) is 16.1 Å². The van der Waals surface area contributed by atoms with Crippen LogP contribution in [0, 0.1) is 12.8 Å². The largest absolute Gasteiger partial charge is 0.357 e. The van der Waals surface area contributed by atoms with E-state index in [1.807, 2.05) is 4.90 Å². The molecule has 3 heterocycles. The molecule has 31 heavy (non-hydrogen) atoms. The Hall–Kier alpha value is -1.67. The predicted octanol–water partition coefficient (Wildman–Crippen LogP) is 3.01. The van der Waals surface area contributed by atoms with Crippen LogP contribution >= 0.6 is 11.3 Å². The van der Waals surface area contributed by atoms with Gasteiger partial charge in [-0.3, -0.25) is 14.7 Å². The van der Waals surface area contributed by atoms with Crippen molar-refractivity contribution in [2.24, 2.45) is 10.9 Å². The molecule has 0 aliphatic carbocycles. The van der Waals surface area contributed by atoms with Crippen molar-refractivity contribution in [2.75, 3.05) is 45.8 Å². The van der Waals surface area contributed by atoms with Gasteiger partial charge in [0.25, 0.3) is 0 Å². The van der Waals surface area contributed by atoms with Gasteiger partial charge in [-0.25, -0.2) is 4.98 Å². The van der Waals surface area contributed by atoms with E-state index < -0.39 is 0 Å². The lowest BCUT2D eigenvalue weighted by Gasteiger charge is -2.30. The number of nitrogens with zero attached hydrogens (tertiary/aromatic N) is 4. The zero-order chi connectivity index (χ0) is 21.9. The molecule has 8 heteroatoms. The molecule has 2 N–H and O–H groups in total. The van der Waals surface area contributed by atoms with Crippen LogP contribution in [0.25, 0.3) is 0 Å². The van der Waals surface area contributed by atoms with E-state index in [-0.39, 0.29) is 0 Å². The van der Waals surface area contributed by atoms with Gasteiger partial charge in [-0.1, -0.05) is 6.42 Å². The Kier molecular flexibility index (Phi) is 10.1. The second-order valence-corrected chi connectivity index (χ2v) is 9.83. The van der Waals surface area contributed by atoms with Crippen molar-refractivity contribution in [1.29, 1.82) is 0 Å². The quantitative estimate of drug-likeness (QED) is 0.345. The number of carbonyl (C=O) groups excluding carboxylic acids is 1. The third kappa shape index (κ3) is 8.41. The van der Waals surface area contributed by atoms with Gasteiger partial charge >= 0.3 is 0 Å². The molecule has 1 aromatic rings. The molecular weight excluding hydrogens is 408 g/mol. The lowest BCUT2D eigenvalue weighted by Crippen LogP contribution is -2.40. The first-order chi connectivity index (χ1) is 15.1. The van der Waals surface area contributed by atoms with Gasteiger partial charge in [0, 0.05) is 51.1 Å². The molecule has 0 atom stereocenters. The number of aromatic nitrogens is 1. The fourth-order valence-corrected chi connectivity index (χ4v) is 4.95.